The van der Waals surface area contributed by atoms with E-state index in [2.05, 4.69) is 22.5 Å². The molecule has 1 unspecified atom stereocenters. The SMILES string of the molecule is Cc1ccc(Cl)cc1NC(=O)CNC(C)CN1CCCC1. The molecule has 0 spiro atoms. The molecule has 4 nitrogen and oxygen atoms in total. The molecular weight excluding hydrogens is 286 g/mol. The number of carbonyl (C=O) groups is 1. The normalized spacial score (nSPS) is 16.9. The molecule has 1 saturated heterocycles. The van der Waals surface area contributed by atoms with E-state index in [-0.39, 0.29) is 5.91 Å². The highest BCUT2D eigenvalue weighted by Gasteiger charge is 2.15. The molecule has 1 aromatic rings. The van der Waals surface area contributed by atoms with Gasteiger partial charge in [-0.3, -0.25) is 4.79 Å². The number of nitrogens with zero attached hydrogens (tertiary/aromatic N) is 1. The van der Waals surface area contributed by atoms with Crippen LogP contribution in [0.4, 0.5) is 5.69 Å². The lowest BCUT2D eigenvalue weighted by Crippen LogP contribution is -2.41. The summed E-state index contributed by atoms with van der Waals surface area (Å²) in [5, 5.41) is 6.81. The third-order valence-electron chi connectivity index (χ3n) is 3.82. The number of halogens is 1. The summed E-state index contributed by atoms with van der Waals surface area (Å²) in [7, 11) is 0. The van der Waals surface area contributed by atoms with Crippen molar-refractivity contribution in [2.24, 2.45) is 0 Å². The Bertz CT molecular complexity index is 486. The molecule has 5 heteroatoms. The molecule has 1 aliphatic heterocycles. The van der Waals surface area contributed by atoms with Crippen LogP contribution in [0.3, 0.4) is 0 Å². The van der Waals surface area contributed by atoms with E-state index < -0.39 is 0 Å². The van der Waals surface area contributed by atoms with Gasteiger partial charge in [-0.15, -0.1) is 0 Å². The van der Waals surface area contributed by atoms with E-state index in [4.69, 9.17) is 11.6 Å². The van der Waals surface area contributed by atoms with Gasteiger partial charge >= 0.3 is 0 Å². The monoisotopic (exact) mass is 309 g/mol. The number of likely N-dealkylation sites (tertiary alicyclic amines) is 1. The Morgan fingerprint density at radius 1 is 1.38 bits per heavy atom. The Kier molecular flexibility index (Phi) is 6.03. The minimum absolute atomic E-state index is 0.0337. The molecule has 1 fully saturated rings. The van der Waals surface area contributed by atoms with Crippen LogP contribution < -0.4 is 10.6 Å². The summed E-state index contributed by atoms with van der Waals surface area (Å²) in [6, 6.07) is 5.82. The average Bonchev–Trinajstić information content (AvgIpc) is 2.93. The van der Waals surface area contributed by atoms with Crippen LogP contribution >= 0.6 is 11.6 Å². The van der Waals surface area contributed by atoms with Gasteiger partial charge in [0.25, 0.3) is 0 Å². The third kappa shape index (κ3) is 5.30. The van der Waals surface area contributed by atoms with Crippen LogP contribution in [0.2, 0.25) is 5.02 Å². The number of nitrogens with one attached hydrogen (secondary N) is 2. The predicted octanol–water partition coefficient (Wildman–Crippen LogP) is 2.66. The van der Waals surface area contributed by atoms with Gasteiger partial charge in [0.1, 0.15) is 0 Å². The largest absolute Gasteiger partial charge is 0.325 e. The van der Waals surface area contributed by atoms with Crippen LogP contribution in [0.15, 0.2) is 18.2 Å². The fourth-order valence-corrected chi connectivity index (χ4v) is 2.78. The van der Waals surface area contributed by atoms with E-state index in [1.807, 2.05) is 19.1 Å². The van der Waals surface area contributed by atoms with Crippen molar-refractivity contribution in [3.63, 3.8) is 0 Å². The van der Waals surface area contributed by atoms with E-state index >= 15 is 0 Å². The van der Waals surface area contributed by atoms with Gasteiger partial charge in [0.2, 0.25) is 5.91 Å². The number of hydrogen-bond donors (Lipinski definition) is 2. The molecule has 1 heterocycles. The molecule has 1 aliphatic rings. The molecule has 1 aromatic carbocycles. The highest BCUT2D eigenvalue weighted by atomic mass is 35.5. The number of anilines is 1. The van der Waals surface area contributed by atoms with E-state index in [9.17, 15) is 4.79 Å². The topological polar surface area (TPSA) is 44.4 Å². The highest BCUT2D eigenvalue weighted by molar-refractivity contribution is 6.31. The lowest BCUT2D eigenvalue weighted by atomic mass is 10.2. The minimum Gasteiger partial charge on any atom is -0.325 e. The molecule has 21 heavy (non-hydrogen) atoms. The summed E-state index contributed by atoms with van der Waals surface area (Å²) >= 11 is 5.95. The first-order valence-corrected chi connectivity index (χ1v) is 7.94. The van der Waals surface area contributed by atoms with Crippen LogP contribution in [-0.4, -0.2) is 43.0 Å². The Labute approximate surface area is 131 Å². The molecule has 2 N–H and O–H groups in total. The quantitative estimate of drug-likeness (QED) is 0.849. The van der Waals surface area contributed by atoms with Crippen molar-refractivity contribution in [1.82, 2.24) is 10.2 Å². The number of amides is 1. The lowest BCUT2D eigenvalue weighted by Gasteiger charge is -2.21. The van der Waals surface area contributed by atoms with Gasteiger partial charge < -0.3 is 15.5 Å². The fraction of sp³-hybridized carbons (Fsp3) is 0.562. The predicted molar refractivity (Wildman–Crippen MR) is 88.0 cm³/mol. The maximum atomic E-state index is 12.0. The van der Waals surface area contributed by atoms with Crippen molar-refractivity contribution >= 4 is 23.2 Å². The number of hydrogen-bond acceptors (Lipinski definition) is 3. The summed E-state index contributed by atoms with van der Waals surface area (Å²) < 4.78 is 0. The maximum absolute atomic E-state index is 12.0. The molecule has 0 aliphatic carbocycles. The summed E-state index contributed by atoms with van der Waals surface area (Å²) in [6.07, 6.45) is 2.59. The second-order valence-electron chi connectivity index (χ2n) is 5.80. The smallest absolute Gasteiger partial charge is 0.238 e. The zero-order valence-corrected chi connectivity index (χ0v) is 13.5. The van der Waals surface area contributed by atoms with Gasteiger partial charge in [0, 0.05) is 23.3 Å². The van der Waals surface area contributed by atoms with Gasteiger partial charge in [0.15, 0.2) is 0 Å². The molecule has 0 saturated carbocycles. The Hall–Kier alpha value is -1.10. The molecule has 116 valence electrons. The van der Waals surface area contributed by atoms with Crippen LogP contribution in [-0.2, 0) is 4.79 Å². The average molecular weight is 310 g/mol. The van der Waals surface area contributed by atoms with Crippen molar-refractivity contribution in [1.29, 1.82) is 0 Å². The molecule has 1 atom stereocenters. The number of benzene rings is 1. The van der Waals surface area contributed by atoms with Crippen molar-refractivity contribution in [2.75, 3.05) is 31.5 Å². The maximum Gasteiger partial charge on any atom is 0.238 e. The standard InChI is InChI=1S/C16H24ClN3O/c1-12-5-6-14(17)9-15(12)19-16(21)10-18-13(2)11-20-7-3-4-8-20/h5-6,9,13,18H,3-4,7-8,10-11H2,1-2H3,(H,19,21). The Morgan fingerprint density at radius 3 is 2.81 bits per heavy atom. The van der Waals surface area contributed by atoms with Crippen LogP contribution in [0.25, 0.3) is 0 Å². The van der Waals surface area contributed by atoms with Gasteiger partial charge in [-0.1, -0.05) is 17.7 Å². The molecule has 0 radical (unpaired) electrons. The first kappa shape index (κ1) is 16.3. The molecule has 0 aromatic heterocycles. The number of rotatable bonds is 6. The molecule has 1 amide bonds. The Morgan fingerprint density at radius 2 is 2.10 bits per heavy atom. The summed E-state index contributed by atoms with van der Waals surface area (Å²) in [4.78, 5) is 14.4. The van der Waals surface area contributed by atoms with Crippen LogP contribution in [0.5, 0.6) is 0 Å². The summed E-state index contributed by atoms with van der Waals surface area (Å²) in [6.45, 7) is 7.76. The molecular formula is C16H24ClN3O. The summed E-state index contributed by atoms with van der Waals surface area (Å²) in [5.41, 5.74) is 1.79. The van der Waals surface area contributed by atoms with Crippen LogP contribution in [0, 0.1) is 6.92 Å². The van der Waals surface area contributed by atoms with E-state index in [0.717, 1.165) is 17.8 Å². The van der Waals surface area contributed by atoms with Crippen molar-refractivity contribution in [3.8, 4) is 0 Å². The number of carbonyl (C=O) groups excluding carboxylic acids is 1. The van der Waals surface area contributed by atoms with Crippen molar-refractivity contribution < 1.29 is 4.79 Å². The highest BCUT2D eigenvalue weighted by Crippen LogP contribution is 2.19. The van der Waals surface area contributed by atoms with Gasteiger partial charge in [-0.25, -0.2) is 0 Å². The van der Waals surface area contributed by atoms with Crippen molar-refractivity contribution in [3.05, 3.63) is 28.8 Å². The molecule has 2 rings (SSSR count). The van der Waals surface area contributed by atoms with Gasteiger partial charge in [-0.05, 0) is 57.5 Å². The fourth-order valence-electron chi connectivity index (χ4n) is 2.61. The van der Waals surface area contributed by atoms with E-state index in [0.29, 0.717) is 17.6 Å². The van der Waals surface area contributed by atoms with E-state index in [1.165, 1.54) is 25.9 Å². The van der Waals surface area contributed by atoms with E-state index in [1.54, 1.807) is 6.07 Å². The second kappa shape index (κ2) is 7.78. The third-order valence-corrected chi connectivity index (χ3v) is 4.05. The first-order chi connectivity index (χ1) is 10.0. The summed E-state index contributed by atoms with van der Waals surface area (Å²) in [5.74, 6) is -0.0337. The second-order valence-corrected chi connectivity index (χ2v) is 6.23. The lowest BCUT2D eigenvalue weighted by molar-refractivity contribution is -0.115. The molecule has 0 bridgehead atoms. The van der Waals surface area contributed by atoms with Crippen molar-refractivity contribution in [2.45, 2.75) is 32.7 Å². The zero-order chi connectivity index (χ0) is 15.2. The number of aryl methyl sites for hydroxylation is 1. The minimum atomic E-state index is -0.0337. The Balaban J connectivity index is 1.75. The first-order valence-electron chi connectivity index (χ1n) is 7.56. The van der Waals surface area contributed by atoms with Gasteiger partial charge in [-0.2, -0.15) is 0 Å². The van der Waals surface area contributed by atoms with Gasteiger partial charge in [0.05, 0.1) is 6.54 Å². The van der Waals surface area contributed by atoms with Crippen LogP contribution in [0.1, 0.15) is 25.3 Å². The zero-order valence-electron chi connectivity index (χ0n) is 12.8.